The van der Waals surface area contributed by atoms with E-state index in [1.165, 1.54) is 0 Å². The Morgan fingerprint density at radius 2 is 2.05 bits per heavy atom. The van der Waals surface area contributed by atoms with Crippen LogP contribution >= 0.6 is 0 Å². The molecule has 1 aliphatic heterocycles. The molecular weight excluding hydrogens is 270 g/mol. The van der Waals surface area contributed by atoms with Gasteiger partial charge in [-0.3, -0.25) is 4.79 Å². The maximum atomic E-state index is 12.0. The van der Waals surface area contributed by atoms with Gasteiger partial charge in [0.2, 0.25) is 0 Å². The van der Waals surface area contributed by atoms with Gasteiger partial charge in [-0.1, -0.05) is 6.92 Å². The van der Waals surface area contributed by atoms with E-state index in [0.717, 1.165) is 32.4 Å². The molecule has 0 aliphatic carbocycles. The number of ether oxygens (including phenoxy) is 2. The summed E-state index contributed by atoms with van der Waals surface area (Å²) in [6.45, 7) is 4.17. The molecule has 1 saturated heterocycles. The van der Waals surface area contributed by atoms with Crippen molar-refractivity contribution in [3.05, 3.63) is 23.8 Å². The largest absolute Gasteiger partial charge is 0.493 e. The molecule has 2 rings (SSSR count). The Morgan fingerprint density at radius 3 is 2.71 bits per heavy atom. The van der Waals surface area contributed by atoms with E-state index < -0.39 is 0 Å². The Bertz CT molecular complexity index is 469. The average molecular weight is 293 g/mol. The van der Waals surface area contributed by atoms with Crippen molar-refractivity contribution in [1.82, 2.24) is 4.90 Å². The Balaban J connectivity index is 1.97. The summed E-state index contributed by atoms with van der Waals surface area (Å²) >= 11 is 0. The number of hydrogen-bond acceptors (Lipinski definition) is 4. The number of nitrogens with zero attached hydrogens (tertiary/aromatic N) is 1. The second kappa shape index (κ2) is 7.88. The summed E-state index contributed by atoms with van der Waals surface area (Å²) in [5.41, 5.74) is 0.660. The molecule has 0 radical (unpaired) electrons. The van der Waals surface area contributed by atoms with Crippen LogP contribution in [0.2, 0.25) is 0 Å². The van der Waals surface area contributed by atoms with Gasteiger partial charge in [0.1, 0.15) is 11.5 Å². The third-order valence-electron chi connectivity index (χ3n) is 3.49. The lowest BCUT2D eigenvalue weighted by Gasteiger charge is -2.17. The van der Waals surface area contributed by atoms with Crippen LogP contribution in [0.15, 0.2) is 18.2 Å². The lowest BCUT2D eigenvalue weighted by Crippen LogP contribution is -2.32. The van der Waals surface area contributed by atoms with E-state index in [9.17, 15) is 9.90 Å². The van der Waals surface area contributed by atoms with E-state index in [2.05, 4.69) is 0 Å². The van der Waals surface area contributed by atoms with E-state index in [0.29, 0.717) is 23.7 Å². The second-order valence-electron chi connectivity index (χ2n) is 5.15. The number of benzene rings is 1. The number of carbonyl (C=O) groups excluding carboxylic acids is 1. The van der Waals surface area contributed by atoms with Crippen molar-refractivity contribution in [3.63, 3.8) is 0 Å². The minimum Gasteiger partial charge on any atom is -0.493 e. The van der Waals surface area contributed by atoms with Crippen molar-refractivity contribution in [1.29, 1.82) is 0 Å². The zero-order valence-electron chi connectivity index (χ0n) is 12.5. The molecule has 1 heterocycles. The topological polar surface area (TPSA) is 59.0 Å². The maximum Gasteiger partial charge on any atom is 0.260 e. The summed E-state index contributed by atoms with van der Waals surface area (Å²) < 4.78 is 11.1. The molecule has 5 nitrogen and oxygen atoms in total. The molecule has 1 aromatic carbocycles. The molecule has 5 heteroatoms. The number of amides is 1. The molecule has 0 atom stereocenters. The van der Waals surface area contributed by atoms with Gasteiger partial charge in [-0.05, 0) is 31.4 Å². The molecule has 21 heavy (non-hydrogen) atoms. The first-order chi connectivity index (χ1) is 10.2. The van der Waals surface area contributed by atoms with Crippen molar-refractivity contribution in [3.8, 4) is 11.5 Å². The molecule has 1 aliphatic rings. The van der Waals surface area contributed by atoms with Crippen LogP contribution in [0.3, 0.4) is 0 Å². The average Bonchev–Trinajstić information content (AvgIpc) is 3.05. The van der Waals surface area contributed by atoms with Crippen LogP contribution in [0.1, 0.15) is 31.7 Å². The van der Waals surface area contributed by atoms with E-state index in [4.69, 9.17) is 9.47 Å². The van der Waals surface area contributed by atoms with Crippen LogP contribution in [0.5, 0.6) is 11.5 Å². The lowest BCUT2D eigenvalue weighted by atomic mass is 10.2. The van der Waals surface area contributed by atoms with Crippen LogP contribution < -0.4 is 9.47 Å². The number of carbonyl (C=O) groups is 1. The van der Waals surface area contributed by atoms with Crippen molar-refractivity contribution in [2.45, 2.75) is 32.8 Å². The van der Waals surface area contributed by atoms with E-state index in [-0.39, 0.29) is 19.1 Å². The SMILES string of the molecule is CCCOc1ccc(CO)c(OCC(=O)N2CCCC2)c1. The Labute approximate surface area is 125 Å². The molecule has 0 spiro atoms. The Morgan fingerprint density at radius 1 is 1.29 bits per heavy atom. The summed E-state index contributed by atoms with van der Waals surface area (Å²) in [6, 6.07) is 5.30. The predicted octanol–water partition coefficient (Wildman–Crippen LogP) is 1.97. The van der Waals surface area contributed by atoms with Crippen LogP contribution in [-0.2, 0) is 11.4 Å². The van der Waals surface area contributed by atoms with Crippen molar-refractivity contribution in [2.24, 2.45) is 0 Å². The molecule has 0 aromatic heterocycles. The smallest absolute Gasteiger partial charge is 0.260 e. The van der Waals surface area contributed by atoms with E-state index in [1.54, 1.807) is 18.2 Å². The number of likely N-dealkylation sites (tertiary alicyclic amines) is 1. The molecule has 1 aromatic rings. The van der Waals surface area contributed by atoms with E-state index in [1.807, 2.05) is 11.8 Å². The second-order valence-corrected chi connectivity index (χ2v) is 5.15. The fourth-order valence-electron chi connectivity index (χ4n) is 2.31. The number of rotatable bonds is 7. The first-order valence-corrected chi connectivity index (χ1v) is 7.51. The van der Waals surface area contributed by atoms with Crippen molar-refractivity contribution >= 4 is 5.91 Å². The fourth-order valence-corrected chi connectivity index (χ4v) is 2.31. The third kappa shape index (κ3) is 4.36. The van der Waals surface area contributed by atoms with Gasteiger partial charge in [0.15, 0.2) is 6.61 Å². The highest BCUT2D eigenvalue weighted by molar-refractivity contribution is 5.78. The summed E-state index contributed by atoms with van der Waals surface area (Å²) in [7, 11) is 0. The lowest BCUT2D eigenvalue weighted by molar-refractivity contribution is -0.132. The zero-order valence-corrected chi connectivity index (χ0v) is 12.5. The Hall–Kier alpha value is -1.75. The van der Waals surface area contributed by atoms with Gasteiger partial charge in [0.25, 0.3) is 5.91 Å². The number of aliphatic hydroxyl groups excluding tert-OH is 1. The summed E-state index contributed by atoms with van der Waals surface area (Å²) in [5.74, 6) is 1.20. The van der Waals surface area contributed by atoms with Crippen molar-refractivity contribution in [2.75, 3.05) is 26.3 Å². The van der Waals surface area contributed by atoms with Crippen LogP contribution in [0, 0.1) is 0 Å². The number of aliphatic hydroxyl groups is 1. The van der Waals surface area contributed by atoms with Gasteiger partial charge in [-0.25, -0.2) is 0 Å². The quantitative estimate of drug-likeness (QED) is 0.835. The van der Waals surface area contributed by atoms with Gasteiger partial charge in [0.05, 0.1) is 13.2 Å². The fraction of sp³-hybridized carbons (Fsp3) is 0.562. The van der Waals surface area contributed by atoms with Gasteiger partial charge in [-0.2, -0.15) is 0 Å². The minimum absolute atomic E-state index is 0.00345. The van der Waals surface area contributed by atoms with Gasteiger partial charge >= 0.3 is 0 Å². The van der Waals surface area contributed by atoms with Crippen LogP contribution in [0.4, 0.5) is 0 Å². The minimum atomic E-state index is -0.124. The van der Waals surface area contributed by atoms with E-state index >= 15 is 0 Å². The monoisotopic (exact) mass is 293 g/mol. The predicted molar refractivity (Wildman–Crippen MR) is 79.5 cm³/mol. The molecular formula is C16H23NO4. The van der Waals surface area contributed by atoms with Crippen LogP contribution in [-0.4, -0.2) is 42.2 Å². The highest BCUT2D eigenvalue weighted by Crippen LogP contribution is 2.25. The van der Waals surface area contributed by atoms with Gasteiger partial charge < -0.3 is 19.5 Å². The maximum absolute atomic E-state index is 12.0. The number of hydrogen-bond donors (Lipinski definition) is 1. The molecule has 1 N–H and O–H groups in total. The molecule has 1 amide bonds. The molecule has 1 fully saturated rings. The zero-order chi connectivity index (χ0) is 15.1. The Kier molecular flexibility index (Phi) is 5.87. The van der Waals surface area contributed by atoms with Crippen molar-refractivity contribution < 1.29 is 19.4 Å². The first-order valence-electron chi connectivity index (χ1n) is 7.51. The first kappa shape index (κ1) is 15.6. The molecule has 0 unspecified atom stereocenters. The highest BCUT2D eigenvalue weighted by Gasteiger charge is 2.18. The normalized spacial score (nSPS) is 14.3. The summed E-state index contributed by atoms with van der Waals surface area (Å²) in [5, 5.41) is 9.35. The molecule has 0 saturated carbocycles. The van der Waals surface area contributed by atoms with Gasteiger partial charge in [-0.15, -0.1) is 0 Å². The van der Waals surface area contributed by atoms with Crippen LogP contribution in [0.25, 0.3) is 0 Å². The van der Waals surface area contributed by atoms with Gasteiger partial charge in [0, 0.05) is 24.7 Å². The highest BCUT2D eigenvalue weighted by atomic mass is 16.5. The third-order valence-corrected chi connectivity index (χ3v) is 3.49. The molecule has 116 valence electrons. The summed E-state index contributed by atoms with van der Waals surface area (Å²) in [4.78, 5) is 13.8. The standard InChI is InChI=1S/C16H23NO4/c1-2-9-20-14-6-5-13(11-18)15(10-14)21-12-16(19)17-7-3-4-8-17/h5-6,10,18H,2-4,7-9,11-12H2,1H3. The summed E-state index contributed by atoms with van der Waals surface area (Å²) in [6.07, 6.45) is 3.05. The molecule has 0 bridgehead atoms.